The lowest BCUT2D eigenvalue weighted by atomic mass is 10.2. The summed E-state index contributed by atoms with van der Waals surface area (Å²) in [5.74, 6) is 0. The zero-order valence-electron chi connectivity index (χ0n) is 10.6. The minimum atomic E-state index is -0.581. The molecule has 0 saturated heterocycles. The van der Waals surface area contributed by atoms with Crippen molar-refractivity contribution in [1.29, 1.82) is 0 Å². The van der Waals surface area contributed by atoms with E-state index in [1.165, 1.54) is 6.20 Å². The van der Waals surface area contributed by atoms with Crippen molar-refractivity contribution in [2.45, 2.75) is 6.92 Å². The van der Waals surface area contributed by atoms with Gasteiger partial charge >= 0.3 is 5.69 Å². The molecule has 0 bridgehead atoms. The quantitative estimate of drug-likeness (QED) is 0.696. The maximum absolute atomic E-state index is 12.2. The van der Waals surface area contributed by atoms with Crippen LogP contribution < -0.4 is 11.2 Å². The summed E-state index contributed by atoms with van der Waals surface area (Å²) in [5.41, 5.74) is 0.471. The van der Waals surface area contributed by atoms with Crippen molar-refractivity contribution in [1.82, 2.24) is 14.5 Å². The maximum atomic E-state index is 12.2. The first-order valence-corrected chi connectivity index (χ1v) is 6.32. The first kappa shape index (κ1) is 12.6. The van der Waals surface area contributed by atoms with Crippen LogP contribution in [0.3, 0.4) is 0 Å². The zero-order valence-corrected chi connectivity index (χ0v) is 11.3. The Hall–Kier alpha value is -2.40. The summed E-state index contributed by atoms with van der Waals surface area (Å²) < 4.78 is 1.03. The number of benzene rings is 1. The molecule has 0 fully saturated rings. The van der Waals surface area contributed by atoms with Crippen molar-refractivity contribution in [3.63, 3.8) is 0 Å². The lowest BCUT2D eigenvalue weighted by molar-refractivity contribution is 0.857. The van der Waals surface area contributed by atoms with Gasteiger partial charge in [-0.1, -0.05) is 29.8 Å². The number of H-pyrrole nitrogens is 1. The van der Waals surface area contributed by atoms with Crippen LogP contribution in [0.15, 0.2) is 46.1 Å². The third kappa shape index (κ3) is 1.92. The highest BCUT2D eigenvalue weighted by Crippen LogP contribution is 2.14. The fraction of sp³-hybridized carbons (Fsp3) is 0.0714. The average Bonchev–Trinajstić information content (AvgIpc) is 2.45. The molecular formula is C14H10ClN3O2. The van der Waals surface area contributed by atoms with E-state index in [0.29, 0.717) is 11.3 Å². The van der Waals surface area contributed by atoms with Gasteiger partial charge in [-0.15, -0.1) is 0 Å². The van der Waals surface area contributed by atoms with E-state index in [-0.39, 0.29) is 5.15 Å². The predicted octanol–water partition coefficient (Wildman–Crippen LogP) is 2.04. The maximum Gasteiger partial charge on any atom is 0.334 e. The van der Waals surface area contributed by atoms with Gasteiger partial charge in [0.15, 0.2) is 0 Å². The zero-order chi connectivity index (χ0) is 14.3. The van der Waals surface area contributed by atoms with Crippen molar-refractivity contribution in [2.24, 2.45) is 0 Å². The standard InChI is InChI=1S/C14H10ClN3O2/c1-8-12(15)17-14(20)18(13(8)19)10-6-9-4-2-3-5-11(9)16-7-10/h2-7H,1H3,(H,17,20). The molecule has 0 saturated carbocycles. The molecule has 20 heavy (non-hydrogen) atoms. The molecule has 3 aromatic rings. The number of hydrogen-bond acceptors (Lipinski definition) is 3. The Labute approximate surface area is 118 Å². The second-order valence-electron chi connectivity index (χ2n) is 4.40. The molecule has 5 nitrogen and oxygen atoms in total. The minimum Gasteiger partial charge on any atom is -0.297 e. The van der Waals surface area contributed by atoms with Crippen LogP contribution in [-0.2, 0) is 0 Å². The van der Waals surface area contributed by atoms with Gasteiger partial charge in [-0.2, -0.15) is 0 Å². The van der Waals surface area contributed by atoms with E-state index in [1.54, 1.807) is 13.0 Å². The number of halogens is 1. The van der Waals surface area contributed by atoms with Crippen LogP contribution in [-0.4, -0.2) is 14.5 Å². The minimum absolute atomic E-state index is 0.0602. The van der Waals surface area contributed by atoms with Gasteiger partial charge in [-0.05, 0) is 19.1 Å². The molecule has 0 amide bonds. The van der Waals surface area contributed by atoms with Gasteiger partial charge in [0.1, 0.15) is 5.15 Å². The van der Waals surface area contributed by atoms with Crippen molar-refractivity contribution < 1.29 is 0 Å². The molecule has 2 aromatic heterocycles. The highest BCUT2D eigenvalue weighted by Gasteiger charge is 2.11. The van der Waals surface area contributed by atoms with Crippen molar-refractivity contribution in [3.05, 3.63) is 68.1 Å². The fourth-order valence-electron chi connectivity index (χ4n) is 2.01. The SMILES string of the molecule is Cc1c(Cl)[nH]c(=O)n(-c2cnc3ccccc3c2)c1=O. The number of nitrogens with zero attached hydrogens (tertiary/aromatic N) is 2. The summed E-state index contributed by atoms with van der Waals surface area (Å²) in [4.78, 5) is 30.8. The van der Waals surface area contributed by atoms with Crippen molar-refractivity contribution in [2.75, 3.05) is 0 Å². The molecule has 2 heterocycles. The normalized spacial score (nSPS) is 10.9. The number of para-hydroxylation sites is 1. The summed E-state index contributed by atoms with van der Waals surface area (Å²) in [5, 5.41) is 0.911. The second-order valence-corrected chi connectivity index (χ2v) is 4.77. The van der Waals surface area contributed by atoms with Gasteiger partial charge in [0, 0.05) is 5.39 Å². The Kier molecular flexibility index (Phi) is 2.91. The fourth-order valence-corrected chi connectivity index (χ4v) is 2.18. The molecule has 3 rings (SSSR count). The molecule has 0 atom stereocenters. The average molecular weight is 288 g/mol. The van der Waals surface area contributed by atoms with E-state index in [2.05, 4.69) is 9.97 Å². The largest absolute Gasteiger partial charge is 0.334 e. The van der Waals surface area contributed by atoms with Gasteiger partial charge in [0.05, 0.1) is 23.0 Å². The highest BCUT2D eigenvalue weighted by atomic mass is 35.5. The molecule has 1 N–H and O–H groups in total. The summed E-state index contributed by atoms with van der Waals surface area (Å²) in [6.45, 7) is 1.56. The Morgan fingerprint density at radius 2 is 2.00 bits per heavy atom. The topological polar surface area (TPSA) is 67.8 Å². The van der Waals surface area contributed by atoms with E-state index < -0.39 is 11.2 Å². The van der Waals surface area contributed by atoms with Crippen LogP contribution in [0.25, 0.3) is 16.6 Å². The number of rotatable bonds is 1. The summed E-state index contributed by atoms with van der Waals surface area (Å²) >= 11 is 5.79. The summed E-state index contributed by atoms with van der Waals surface area (Å²) in [7, 11) is 0. The van der Waals surface area contributed by atoms with E-state index in [4.69, 9.17) is 11.6 Å². The molecule has 100 valence electrons. The van der Waals surface area contributed by atoms with Crippen LogP contribution in [0.4, 0.5) is 0 Å². The number of hydrogen-bond donors (Lipinski definition) is 1. The Morgan fingerprint density at radius 1 is 1.25 bits per heavy atom. The van der Waals surface area contributed by atoms with E-state index in [9.17, 15) is 9.59 Å². The van der Waals surface area contributed by atoms with Gasteiger partial charge in [-0.3, -0.25) is 14.8 Å². The lowest BCUT2D eigenvalue weighted by Crippen LogP contribution is -2.35. The van der Waals surface area contributed by atoms with Crippen molar-refractivity contribution >= 4 is 22.5 Å². The molecule has 1 aromatic carbocycles. The monoisotopic (exact) mass is 287 g/mol. The van der Waals surface area contributed by atoms with Gasteiger partial charge in [0.25, 0.3) is 5.56 Å². The van der Waals surface area contributed by atoms with Crippen LogP contribution in [0.5, 0.6) is 0 Å². The molecule has 6 heteroatoms. The Balaban J connectivity index is 2.34. The number of aromatic nitrogens is 3. The third-order valence-electron chi connectivity index (χ3n) is 3.11. The molecular weight excluding hydrogens is 278 g/mol. The van der Waals surface area contributed by atoms with E-state index in [0.717, 1.165) is 15.5 Å². The second kappa shape index (κ2) is 4.61. The first-order valence-electron chi connectivity index (χ1n) is 5.94. The van der Waals surface area contributed by atoms with Gasteiger partial charge in [0.2, 0.25) is 0 Å². The molecule has 0 radical (unpaired) electrons. The van der Waals surface area contributed by atoms with Crippen LogP contribution >= 0.6 is 11.6 Å². The third-order valence-corrected chi connectivity index (χ3v) is 3.49. The predicted molar refractivity (Wildman–Crippen MR) is 77.7 cm³/mol. The number of nitrogens with one attached hydrogen (secondary N) is 1. The van der Waals surface area contributed by atoms with Crippen molar-refractivity contribution in [3.8, 4) is 5.69 Å². The molecule has 0 unspecified atom stereocenters. The van der Waals surface area contributed by atoms with E-state index >= 15 is 0 Å². The molecule has 0 spiro atoms. The number of fused-ring (bicyclic) bond motifs is 1. The van der Waals surface area contributed by atoms with Gasteiger partial charge < -0.3 is 0 Å². The van der Waals surface area contributed by atoms with E-state index in [1.807, 2.05) is 24.3 Å². The first-order chi connectivity index (χ1) is 9.58. The van der Waals surface area contributed by atoms with Crippen LogP contribution in [0.1, 0.15) is 5.56 Å². The summed E-state index contributed by atoms with van der Waals surface area (Å²) in [6, 6.07) is 9.22. The Bertz CT molecular complexity index is 928. The number of aromatic amines is 1. The molecule has 0 aliphatic carbocycles. The molecule has 0 aliphatic heterocycles. The Morgan fingerprint density at radius 3 is 2.80 bits per heavy atom. The molecule has 0 aliphatic rings. The highest BCUT2D eigenvalue weighted by molar-refractivity contribution is 6.30. The number of pyridine rings is 1. The lowest BCUT2D eigenvalue weighted by Gasteiger charge is -2.07. The summed E-state index contributed by atoms with van der Waals surface area (Å²) in [6.07, 6.45) is 1.49. The van der Waals surface area contributed by atoms with Crippen LogP contribution in [0.2, 0.25) is 5.15 Å². The van der Waals surface area contributed by atoms with Crippen LogP contribution in [0, 0.1) is 6.92 Å². The smallest absolute Gasteiger partial charge is 0.297 e. The van der Waals surface area contributed by atoms with Gasteiger partial charge in [-0.25, -0.2) is 9.36 Å².